The molecule has 2 aromatic rings. The van der Waals surface area contributed by atoms with Gasteiger partial charge < -0.3 is 20.1 Å². The van der Waals surface area contributed by atoms with Gasteiger partial charge in [0.05, 0.1) is 13.2 Å². The summed E-state index contributed by atoms with van der Waals surface area (Å²) in [5, 5.41) is 5.64. The van der Waals surface area contributed by atoms with E-state index in [9.17, 15) is 9.59 Å². The van der Waals surface area contributed by atoms with Crippen molar-refractivity contribution in [1.82, 2.24) is 9.97 Å². The van der Waals surface area contributed by atoms with Crippen LogP contribution < -0.4 is 10.6 Å². The van der Waals surface area contributed by atoms with Crippen LogP contribution in [0, 0.1) is 5.41 Å². The van der Waals surface area contributed by atoms with E-state index in [1.54, 1.807) is 26.6 Å². The Balaban J connectivity index is 1.67. The number of nitrogens with one attached hydrogen (secondary N) is 2. The van der Waals surface area contributed by atoms with Crippen LogP contribution in [-0.2, 0) is 31.9 Å². The highest BCUT2D eigenvalue weighted by molar-refractivity contribution is 6.15. The van der Waals surface area contributed by atoms with E-state index in [1.807, 2.05) is 24.3 Å². The number of anilines is 2. The lowest BCUT2D eigenvalue weighted by atomic mass is 9.67. The van der Waals surface area contributed by atoms with Crippen LogP contribution in [0.1, 0.15) is 30.4 Å². The van der Waals surface area contributed by atoms with Crippen molar-refractivity contribution in [1.29, 1.82) is 0 Å². The first-order valence-corrected chi connectivity index (χ1v) is 10.1. The van der Waals surface area contributed by atoms with Gasteiger partial charge in [-0.2, -0.15) is 0 Å². The SMILES string of the molecule is COCCc1ccnc(NC(=O)C2(C(=O)Nc3cc(CCOC)ccn3)CCC2)c1. The molecule has 3 rings (SSSR count). The molecule has 1 saturated carbocycles. The molecule has 0 saturated heterocycles. The molecule has 1 aliphatic carbocycles. The molecule has 2 amide bonds. The van der Waals surface area contributed by atoms with Crippen LogP contribution in [0.25, 0.3) is 0 Å². The number of aromatic nitrogens is 2. The molecule has 0 unspecified atom stereocenters. The largest absolute Gasteiger partial charge is 0.384 e. The first-order valence-electron chi connectivity index (χ1n) is 10.1. The Hall–Kier alpha value is -2.84. The van der Waals surface area contributed by atoms with Gasteiger partial charge in [-0.1, -0.05) is 6.42 Å². The highest BCUT2D eigenvalue weighted by Crippen LogP contribution is 2.42. The van der Waals surface area contributed by atoms with E-state index in [-0.39, 0.29) is 11.8 Å². The van der Waals surface area contributed by atoms with E-state index in [1.165, 1.54) is 0 Å². The highest BCUT2D eigenvalue weighted by atomic mass is 16.5. The van der Waals surface area contributed by atoms with Crippen molar-refractivity contribution in [3.63, 3.8) is 0 Å². The fraction of sp³-hybridized carbons (Fsp3) is 0.455. The number of rotatable bonds is 10. The number of carbonyl (C=O) groups is 2. The van der Waals surface area contributed by atoms with E-state index in [0.29, 0.717) is 37.7 Å². The van der Waals surface area contributed by atoms with E-state index < -0.39 is 5.41 Å². The molecule has 2 N–H and O–H groups in total. The molecule has 0 spiro atoms. The quantitative estimate of drug-likeness (QED) is 0.582. The Kier molecular flexibility index (Phi) is 7.48. The molecular weight excluding hydrogens is 384 g/mol. The van der Waals surface area contributed by atoms with Gasteiger partial charge in [0, 0.05) is 26.6 Å². The molecule has 1 fully saturated rings. The minimum absolute atomic E-state index is 0.335. The summed E-state index contributed by atoms with van der Waals surface area (Å²) >= 11 is 0. The third kappa shape index (κ3) is 5.20. The summed E-state index contributed by atoms with van der Waals surface area (Å²) in [6.45, 7) is 1.17. The number of hydrogen-bond donors (Lipinski definition) is 2. The fourth-order valence-corrected chi connectivity index (χ4v) is 3.40. The van der Waals surface area contributed by atoms with Gasteiger partial charge in [-0.3, -0.25) is 9.59 Å². The zero-order chi connectivity index (χ0) is 21.4. The third-order valence-corrected chi connectivity index (χ3v) is 5.40. The Morgan fingerprint density at radius 2 is 1.37 bits per heavy atom. The van der Waals surface area contributed by atoms with E-state index in [4.69, 9.17) is 9.47 Å². The minimum atomic E-state index is -1.10. The number of ether oxygens (including phenoxy) is 2. The van der Waals surface area contributed by atoms with Gasteiger partial charge in [-0.25, -0.2) is 9.97 Å². The number of carbonyl (C=O) groups excluding carboxylic acids is 2. The predicted octanol–water partition coefficient (Wildman–Crippen LogP) is 2.60. The van der Waals surface area contributed by atoms with Gasteiger partial charge in [-0.05, 0) is 61.1 Å². The molecule has 0 bridgehead atoms. The Morgan fingerprint density at radius 3 is 1.73 bits per heavy atom. The fourth-order valence-electron chi connectivity index (χ4n) is 3.40. The smallest absolute Gasteiger partial charge is 0.241 e. The molecule has 0 radical (unpaired) electrons. The number of amides is 2. The maximum atomic E-state index is 13.0. The zero-order valence-electron chi connectivity index (χ0n) is 17.4. The van der Waals surface area contributed by atoms with Crippen molar-refractivity contribution in [2.45, 2.75) is 32.1 Å². The maximum absolute atomic E-state index is 13.0. The van der Waals surface area contributed by atoms with Gasteiger partial charge in [-0.15, -0.1) is 0 Å². The number of methoxy groups -OCH3 is 2. The zero-order valence-corrected chi connectivity index (χ0v) is 17.4. The van der Waals surface area contributed by atoms with E-state index in [0.717, 1.165) is 30.4 Å². The van der Waals surface area contributed by atoms with Crippen LogP contribution in [0.3, 0.4) is 0 Å². The average Bonchev–Trinajstić information content (AvgIpc) is 2.70. The first-order chi connectivity index (χ1) is 14.6. The highest BCUT2D eigenvalue weighted by Gasteiger charge is 2.51. The Morgan fingerprint density at radius 1 is 0.900 bits per heavy atom. The van der Waals surface area contributed by atoms with Gasteiger partial charge in [0.1, 0.15) is 17.1 Å². The van der Waals surface area contributed by atoms with Gasteiger partial charge in [0.2, 0.25) is 11.8 Å². The second kappa shape index (κ2) is 10.3. The molecule has 2 heterocycles. The normalized spacial score (nSPS) is 14.6. The van der Waals surface area contributed by atoms with Crippen molar-refractivity contribution < 1.29 is 19.1 Å². The maximum Gasteiger partial charge on any atom is 0.241 e. The lowest BCUT2D eigenvalue weighted by molar-refractivity contribution is -0.142. The summed E-state index contributed by atoms with van der Waals surface area (Å²) in [7, 11) is 3.29. The minimum Gasteiger partial charge on any atom is -0.384 e. The topological polar surface area (TPSA) is 102 Å². The molecule has 160 valence electrons. The second-order valence-corrected chi connectivity index (χ2v) is 7.43. The molecule has 0 atom stereocenters. The Bertz CT molecular complexity index is 815. The standard InChI is InChI=1S/C22H28N4O4/c1-29-12-6-16-4-10-23-18(14-16)25-20(27)22(8-3-9-22)21(28)26-19-15-17(5-11-24-19)7-13-30-2/h4-5,10-11,14-15H,3,6-9,12-13H2,1-2H3,(H,23,25,27)(H,24,26,28). The summed E-state index contributed by atoms with van der Waals surface area (Å²) in [4.78, 5) is 34.4. The van der Waals surface area contributed by atoms with Crippen LogP contribution >= 0.6 is 0 Å². The van der Waals surface area contributed by atoms with Crippen LogP contribution in [0.5, 0.6) is 0 Å². The lowest BCUT2D eigenvalue weighted by Crippen LogP contribution is -2.51. The van der Waals surface area contributed by atoms with Crippen molar-refractivity contribution >= 4 is 23.5 Å². The van der Waals surface area contributed by atoms with Crippen LogP contribution in [0.4, 0.5) is 11.6 Å². The molecular formula is C22H28N4O4. The van der Waals surface area contributed by atoms with Crippen molar-refractivity contribution in [3.8, 4) is 0 Å². The molecule has 0 aromatic carbocycles. The summed E-state index contributed by atoms with van der Waals surface area (Å²) < 4.78 is 10.2. The molecule has 1 aliphatic rings. The molecule has 2 aromatic heterocycles. The van der Waals surface area contributed by atoms with E-state index >= 15 is 0 Å². The monoisotopic (exact) mass is 412 g/mol. The van der Waals surface area contributed by atoms with Gasteiger partial charge >= 0.3 is 0 Å². The molecule has 30 heavy (non-hydrogen) atoms. The van der Waals surface area contributed by atoms with Crippen LogP contribution in [0.2, 0.25) is 0 Å². The average molecular weight is 412 g/mol. The lowest BCUT2D eigenvalue weighted by Gasteiger charge is -2.38. The van der Waals surface area contributed by atoms with Gasteiger partial charge in [0.15, 0.2) is 0 Å². The number of hydrogen-bond acceptors (Lipinski definition) is 6. The summed E-state index contributed by atoms with van der Waals surface area (Å²) in [6.07, 6.45) is 6.54. The summed E-state index contributed by atoms with van der Waals surface area (Å²) in [6, 6.07) is 7.37. The number of pyridine rings is 2. The van der Waals surface area contributed by atoms with Crippen molar-refractivity contribution in [2.75, 3.05) is 38.1 Å². The molecule has 8 nitrogen and oxygen atoms in total. The third-order valence-electron chi connectivity index (χ3n) is 5.40. The van der Waals surface area contributed by atoms with Gasteiger partial charge in [0.25, 0.3) is 0 Å². The van der Waals surface area contributed by atoms with Crippen molar-refractivity contribution in [2.24, 2.45) is 5.41 Å². The molecule has 8 heteroatoms. The van der Waals surface area contributed by atoms with E-state index in [2.05, 4.69) is 20.6 Å². The van der Waals surface area contributed by atoms with Crippen LogP contribution in [0.15, 0.2) is 36.7 Å². The van der Waals surface area contributed by atoms with Crippen LogP contribution in [-0.4, -0.2) is 49.2 Å². The first kappa shape index (κ1) is 21.9. The van der Waals surface area contributed by atoms with Crippen molar-refractivity contribution in [3.05, 3.63) is 47.8 Å². The second-order valence-electron chi connectivity index (χ2n) is 7.43. The molecule has 0 aliphatic heterocycles. The number of nitrogens with zero attached hydrogens (tertiary/aromatic N) is 2. The Labute approximate surface area is 176 Å². The summed E-state index contributed by atoms with van der Waals surface area (Å²) in [5.74, 6) is 0.205. The summed E-state index contributed by atoms with van der Waals surface area (Å²) in [5.41, 5.74) is 0.909. The predicted molar refractivity (Wildman–Crippen MR) is 113 cm³/mol.